The van der Waals surface area contributed by atoms with Gasteiger partial charge >= 0.3 is 0 Å². The molecular weight excluding hydrogens is 164 g/mol. The molecule has 0 aliphatic heterocycles. The third-order valence-electron chi connectivity index (χ3n) is 1.91. The topological polar surface area (TPSA) is 0 Å². The van der Waals surface area contributed by atoms with E-state index in [-0.39, 0.29) is 0 Å². The predicted octanol–water partition coefficient (Wildman–Crippen LogP) is 3.49. The number of hydrogen-bond acceptors (Lipinski definition) is 1. The molecule has 1 heterocycles. The minimum absolute atomic E-state index is 1.24. The highest BCUT2D eigenvalue weighted by molar-refractivity contribution is 7.13. The molecule has 0 bridgehead atoms. The Morgan fingerprint density at radius 2 is 2.17 bits per heavy atom. The molecule has 1 aliphatic carbocycles. The monoisotopic (exact) mass is 172 g/mol. The van der Waals surface area contributed by atoms with Crippen molar-refractivity contribution in [1.82, 2.24) is 0 Å². The zero-order valence-corrected chi connectivity index (χ0v) is 7.66. The molecule has 0 radical (unpaired) electrons. The van der Waals surface area contributed by atoms with Crippen LogP contribution in [0.3, 0.4) is 0 Å². The second kappa shape index (κ2) is 2.66. The molecule has 1 aliphatic rings. The van der Waals surface area contributed by atoms with Crippen molar-refractivity contribution in [3.63, 3.8) is 0 Å². The Hall–Kier alpha value is -1.26. The molecule has 2 rings (SSSR count). The Kier molecular flexibility index (Phi) is 1.64. The number of hydrogen-bond donors (Lipinski definition) is 0. The highest BCUT2D eigenvalue weighted by Crippen LogP contribution is 2.31. The van der Waals surface area contributed by atoms with E-state index in [2.05, 4.69) is 25.0 Å². The van der Waals surface area contributed by atoms with Gasteiger partial charge in [-0.05, 0) is 18.6 Å². The molecule has 0 N–H and O–H groups in total. The first-order valence-electron chi connectivity index (χ1n) is 3.76. The largest absolute Gasteiger partial charge is 0.139 e. The van der Waals surface area contributed by atoms with Crippen LogP contribution in [0.4, 0.5) is 0 Å². The quantitative estimate of drug-likeness (QED) is 0.577. The maximum Gasteiger partial charge on any atom is 0.0441 e. The van der Waals surface area contributed by atoms with Gasteiger partial charge in [0.05, 0.1) is 0 Å². The van der Waals surface area contributed by atoms with Crippen molar-refractivity contribution in [2.24, 2.45) is 0 Å². The molecule has 1 aromatic rings. The van der Waals surface area contributed by atoms with Gasteiger partial charge in [-0.25, -0.2) is 0 Å². The Morgan fingerprint density at radius 1 is 1.42 bits per heavy atom. The average molecular weight is 172 g/mol. The van der Waals surface area contributed by atoms with Gasteiger partial charge in [-0.1, -0.05) is 24.1 Å². The molecule has 0 atom stereocenters. The Morgan fingerprint density at radius 3 is 2.92 bits per heavy atom. The first-order chi connectivity index (χ1) is 5.83. The highest BCUT2D eigenvalue weighted by Gasteiger charge is 2.09. The Bertz CT molecular complexity index is 434. The molecule has 0 saturated carbocycles. The van der Waals surface area contributed by atoms with Gasteiger partial charge in [0.15, 0.2) is 0 Å². The number of aryl methyl sites for hydroxylation is 1. The maximum atomic E-state index is 3.80. The van der Waals surface area contributed by atoms with E-state index >= 15 is 0 Å². The molecule has 0 aromatic carbocycles. The van der Waals surface area contributed by atoms with E-state index in [1.54, 1.807) is 11.3 Å². The predicted molar refractivity (Wildman–Crippen MR) is 55.1 cm³/mol. The summed E-state index contributed by atoms with van der Waals surface area (Å²) in [6.45, 7) is 5.91. The van der Waals surface area contributed by atoms with Crippen LogP contribution in [-0.4, -0.2) is 0 Å². The van der Waals surface area contributed by atoms with Crippen LogP contribution in [-0.2, 0) is 0 Å². The summed E-state index contributed by atoms with van der Waals surface area (Å²) in [7, 11) is 0. The summed E-state index contributed by atoms with van der Waals surface area (Å²) in [5, 5.41) is 0. The molecule has 0 saturated heterocycles. The van der Waals surface area contributed by atoms with Gasteiger partial charge in [-0.2, -0.15) is 0 Å². The van der Waals surface area contributed by atoms with Gasteiger partial charge in [-0.3, -0.25) is 0 Å². The zero-order valence-electron chi connectivity index (χ0n) is 6.85. The Labute approximate surface area is 75.9 Å². The highest BCUT2D eigenvalue weighted by atomic mass is 32.1. The van der Waals surface area contributed by atoms with Crippen LogP contribution >= 0.6 is 11.3 Å². The summed E-state index contributed by atoms with van der Waals surface area (Å²) in [6.07, 6.45) is 5.85. The molecule has 58 valence electrons. The van der Waals surface area contributed by atoms with E-state index in [0.717, 1.165) is 0 Å². The lowest BCUT2D eigenvalue weighted by Gasteiger charge is -1.94. The number of thiophene rings is 1. The van der Waals surface area contributed by atoms with E-state index in [1.165, 1.54) is 20.9 Å². The van der Waals surface area contributed by atoms with Crippen molar-refractivity contribution in [2.75, 3.05) is 0 Å². The molecule has 0 amide bonds. The fraction of sp³-hybridized carbons (Fsp3) is 0.0909. The van der Waals surface area contributed by atoms with Crippen LogP contribution < -0.4 is 0 Å². The fourth-order valence-electron chi connectivity index (χ4n) is 1.33. The summed E-state index contributed by atoms with van der Waals surface area (Å²) in [4.78, 5) is 2.58. The van der Waals surface area contributed by atoms with Gasteiger partial charge in [0, 0.05) is 21.4 Å². The molecule has 0 fully saturated rings. The Balaban J connectivity index is 2.77. The van der Waals surface area contributed by atoms with Crippen LogP contribution in [0.25, 0.3) is 18.2 Å². The summed E-state index contributed by atoms with van der Waals surface area (Å²) in [6, 6.07) is 0. The van der Waals surface area contributed by atoms with Crippen molar-refractivity contribution >= 4 is 29.6 Å². The molecule has 0 nitrogen and oxygen atoms in total. The fourth-order valence-corrected chi connectivity index (χ4v) is 2.36. The number of fused-ring (bicyclic) bond motifs is 1. The van der Waals surface area contributed by atoms with Crippen LogP contribution in [0.1, 0.15) is 20.9 Å². The normalized spacial score (nSPS) is 11.8. The second-order valence-electron chi connectivity index (χ2n) is 2.63. The summed E-state index contributed by atoms with van der Waals surface area (Å²) < 4.78 is 0. The van der Waals surface area contributed by atoms with Gasteiger partial charge in [-0.15, -0.1) is 11.3 Å². The van der Waals surface area contributed by atoms with Crippen molar-refractivity contribution < 1.29 is 0 Å². The van der Waals surface area contributed by atoms with E-state index in [4.69, 9.17) is 0 Å². The first-order valence-corrected chi connectivity index (χ1v) is 4.58. The third kappa shape index (κ3) is 0.929. The van der Waals surface area contributed by atoms with E-state index in [1.807, 2.05) is 18.2 Å². The van der Waals surface area contributed by atoms with Crippen molar-refractivity contribution in [1.29, 1.82) is 0 Å². The van der Waals surface area contributed by atoms with E-state index in [9.17, 15) is 0 Å². The zero-order chi connectivity index (χ0) is 8.55. The van der Waals surface area contributed by atoms with Crippen LogP contribution in [0.2, 0.25) is 0 Å². The van der Waals surface area contributed by atoms with Gasteiger partial charge in [0.25, 0.3) is 0 Å². The maximum absolute atomic E-state index is 3.80. The smallest absolute Gasteiger partial charge is 0.0441 e. The van der Waals surface area contributed by atoms with Crippen LogP contribution in [0.15, 0.2) is 18.0 Å². The molecule has 0 spiro atoms. The lowest BCUT2D eigenvalue weighted by Crippen LogP contribution is -1.77. The van der Waals surface area contributed by atoms with Gasteiger partial charge in [0.1, 0.15) is 0 Å². The summed E-state index contributed by atoms with van der Waals surface area (Å²) in [5.74, 6) is 0. The lowest BCUT2D eigenvalue weighted by molar-refractivity contribution is 1.58. The van der Waals surface area contributed by atoms with Gasteiger partial charge in [0.2, 0.25) is 0 Å². The van der Waals surface area contributed by atoms with E-state index < -0.39 is 0 Å². The van der Waals surface area contributed by atoms with Gasteiger partial charge < -0.3 is 0 Å². The minimum Gasteiger partial charge on any atom is -0.139 e. The van der Waals surface area contributed by atoms with E-state index in [0.29, 0.717) is 0 Å². The SMILES string of the molecule is C=Cc1c(C)sc2c1C=C=C=C2. The summed E-state index contributed by atoms with van der Waals surface area (Å²) >= 11 is 1.78. The molecule has 1 aromatic heterocycles. The first kappa shape index (κ1) is 7.39. The van der Waals surface area contributed by atoms with Crippen molar-refractivity contribution in [3.05, 3.63) is 38.9 Å². The third-order valence-corrected chi connectivity index (χ3v) is 2.99. The number of rotatable bonds is 1. The molecule has 12 heavy (non-hydrogen) atoms. The lowest BCUT2D eigenvalue weighted by atomic mass is 10.1. The average Bonchev–Trinajstić information content (AvgIpc) is 2.40. The van der Waals surface area contributed by atoms with Crippen molar-refractivity contribution in [3.8, 4) is 0 Å². The minimum atomic E-state index is 1.24. The molecular formula is C11H8S. The molecule has 0 unspecified atom stereocenters. The van der Waals surface area contributed by atoms with Crippen molar-refractivity contribution in [2.45, 2.75) is 6.92 Å². The standard InChI is InChI=1S/C11H8S/c1-3-9-8(2)12-11-7-5-4-6-10(9)11/h3,6-7H,1H2,2H3. The second-order valence-corrected chi connectivity index (χ2v) is 3.89. The van der Waals surface area contributed by atoms with Crippen LogP contribution in [0, 0.1) is 6.92 Å². The van der Waals surface area contributed by atoms with Crippen LogP contribution in [0.5, 0.6) is 0 Å². The molecule has 1 heteroatoms. The summed E-state index contributed by atoms with van der Waals surface area (Å²) in [5.41, 5.74) is 8.39.